The second-order valence-corrected chi connectivity index (χ2v) is 6.41. The van der Waals surface area contributed by atoms with Gasteiger partial charge in [0.1, 0.15) is 11.5 Å². The Labute approximate surface area is 142 Å². The van der Waals surface area contributed by atoms with E-state index < -0.39 is 0 Å². The van der Waals surface area contributed by atoms with Gasteiger partial charge in [-0.15, -0.1) is 0 Å². The predicted octanol–water partition coefficient (Wildman–Crippen LogP) is 4.33. The lowest BCUT2D eigenvalue weighted by Gasteiger charge is -2.26. The van der Waals surface area contributed by atoms with Gasteiger partial charge in [0.15, 0.2) is 0 Å². The van der Waals surface area contributed by atoms with E-state index in [0.717, 1.165) is 49.5 Å². The van der Waals surface area contributed by atoms with E-state index in [4.69, 9.17) is 4.52 Å². The molecule has 0 N–H and O–H groups in total. The van der Waals surface area contributed by atoms with Crippen molar-refractivity contribution in [1.29, 1.82) is 0 Å². The van der Waals surface area contributed by atoms with Crippen molar-refractivity contribution in [3.63, 3.8) is 0 Å². The molecule has 0 aliphatic carbocycles. The fourth-order valence-corrected chi connectivity index (χ4v) is 3.43. The Hall–Kier alpha value is -2.39. The quantitative estimate of drug-likeness (QED) is 0.701. The molecule has 3 nitrogen and oxygen atoms in total. The number of hydrogen-bond donors (Lipinski definition) is 0. The van der Waals surface area contributed by atoms with Crippen molar-refractivity contribution in [1.82, 2.24) is 10.1 Å². The zero-order chi connectivity index (χ0) is 16.2. The first kappa shape index (κ1) is 15.2. The van der Waals surface area contributed by atoms with Gasteiger partial charge in [-0.05, 0) is 24.9 Å². The minimum atomic E-state index is 0.942. The van der Waals surface area contributed by atoms with E-state index in [1.807, 2.05) is 6.07 Å². The smallest absolute Gasteiger partial charge is 0.143 e. The number of rotatable bonds is 5. The normalized spacial score (nSPS) is 14.5. The molecule has 1 aromatic heterocycles. The third-order valence-electron chi connectivity index (χ3n) is 4.74. The lowest BCUT2D eigenvalue weighted by atomic mass is 10.0. The lowest BCUT2D eigenvalue weighted by Crippen LogP contribution is -2.31. The molecule has 0 saturated carbocycles. The van der Waals surface area contributed by atoms with Gasteiger partial charge in [0, 0.05) is 30.6 Å². The van der Waals surface area contributed by atoms with Gasteiger partial charge in [-0.25, -0.2) is 0 Å². The standard InChI is InChI=1S/C21H22N2O/c1-3-8-17(9-4-1)10-7-14-23-15-13-20-19(16-23)21(22-24-20)18-11-5-2-6-12-18/h1-6,8-9,11-12H,7,10,13-16H2. The van der Waals surface area contributed by atoms with E-state index in [-0.39, 0.29) is 0 Å². The molecule has 2 aromatic carbocycles. The van der Waals surface area contributed by atoms with Crippen LogP contribution in [0, 0.1) is 0 Å². The van der Waals surface area contributed by atoms with Crippen LogP contribution in [0.3, 0.4) is 0 Å². The summed E-state index contributed by atoms with van der Waals surface area (Å²) in [5, 5.41) is 4.33. The van der Waals surface area contributed by atoms with E-state index in [0.29, 0.717) is 0 Å². The molecule has 0 fully saturated rings. The van der Waals surface area contributed by atoms with Gasteiger partial charge in [-0.1, -0.05) is 65.8 Å². The molecule has 4 rings (SSSR count). The molecule has 122 valence electrons. The maximum atomic E-state index is 5.59. The first-order valence-corrected chi connectivity index (χ1v) is 8.69. The fourth-order valence-electron chi connectivity index (χ4n) is 3.43. The molecule has 24 heavy (non-hydrogen) atoms. The van der Waals surface area contributed by atoms with Crippen molar-refractivity contribution < 1.29 is 4.52 Å². The second-order valence-electron chi connectivity index (χ2n) is 6.41. The number of aryl methyl sites for hydroxylation is 1. The Morgan fingerprint density at radius 3 is 2.50 bits per heavy atom. The van der Waals surface area contributed by atoms with E-state index in [9.17, 15) is 0 Å². The Balaban J connectivity index is 1.41. The molecule has 0 spiro atoms. The van der Waals surface area contributed by atoms with Crippen LogP contribution >= 0.6 is 0 Å². The van der Waals surface area contributed by atoms with Crippen LogP contribution < -0.4 is 0 Å². The molecule has 3 heteroatoms. The number of nitrogens with zero attached hydrogens (tertiary/aromatic N) is 2. The molecule has 0 unspecified atom stereocenters. The van der Waals surface area contributed by atoms with Crippen LogP contribution in [0.2, 0.25) is 0 Å². The number of aromatic nitrogens is 1. The second kappa shape index (κ2) is 7.02. The molecule has 0 radical (unpaired) electrons. The van der Waals surface area contributed by atoms with E-state index in [1.54, 1.807) is 0 Å². The summed E-state index contributed by atoms with van der Waals surface area (Å²) in [6, 6.07) is 21.1. The van der Waals surface area contributed by atoms with E-state index in [1.165, 1.54) is 17.5 Å². The van der Waals surface area contributed by atoms with Crippen LogP contribution in [0.4, 0.5) is 0 Å². The summed E-state index contributed by atoms with van der Waals surface area (Å²) < 4.78 is 5.59. The number of hydrogen-bond acceptors (Lipinski definition) is 3. The summed E-state index contributed by atoms with van der Waals surface area (Å²) in [7, 11) is 0. The zero-order valence-corrected chi connectivity index (χ0v) is 13.8. The minimum absolute atomic E-state index is 0.942. The van der Waals surface area contributed by atoms with E-state index in [2.05, 4.69) is 64.7 Å². The Morgan fingerprint density at radius 2 is 1.71 bits per heavy atom. The third-order valence-corrected chi connectivity index (χ3v) is 4.74. The predicted molar refractivity (Wildman–Crippen MR) is 95.7 cm³/mol. The van der Waals surface area contributed by atoms with Crippen molar-refractivity contribution in [3.8, 4) is 11.3 Å². The first-order valence-electron chi connectivity index (χ1n) is 8.69. The zero-order valence-electron chi connectivity index (χ0n) is 13.8. The Morgan fingerprint density at radius 1 is 0.958 bits per heavy atom. The van der Waals surface area contributed by atoms with Gasteiger partial charge in [0.25, 0.3) is 0 Å². The van der Waals surface area contributed by atoms with Crippen LogP contribution in [-0.4, -0.2) is 23.1 Å². The summed E-state index contributed by atoms with van der Waals surface area (Å²) in [6.07, 6.45) is 3.28. The average molecular weight is 318 g/mol. The van der Waals surface area contributed by atoms with Gasteiger partial charge >= 0.3 is 0 Å². The Bertz CT molecular complexity index is 780. The molecule has 2 heterocycles. The SMILES string of the molecule is c1ccc(CCCN2CCc3onc(-c4ccccc4)c3C2)cc1. The van der Waals surface area contributed by atoms with Crippen molar-refractivity contribution in [2.24, 2.45) is 0 Å². The molecule has 0 atom stereocenters. The third kappa shape index (κ3) is 3.26. The van der Waals surface area contributed by atoms with Gasteiger partial charge in [-0.3, -0.25) is 4.90 Å². The summed E-state index contributed by atoms with van der Waals surface area (Å²) in [6.45, 7) is 3.12. The van der Waals surface area contributed by atoms with Crippen LogP contribution in [0.5, 0.6) is 0 Å². The molecule has 3 aromatic rings. The molecular weight excluding hydrogens is 296 g/mol. The largest absolute Gasteiger partial charge is 0.360 e. The van der Waals surface area contributed by atoms with Crippen LogP contribution in [0.25, 0.3) is 11.3 Å². The molecule has 1 aliphatic rings. The fraction of sp³-hybridized carbons (Fsp3) is 0.286. The molecule has 0 bridgehead atoms. The summed E-state index contributed by atoms with van der Waals surface area (Å²) in [5.74, 6) is 1.06. The van der Waals surface area contributed by atoms with Crippen molar-refractivity contribution in [2.75, 3.05) is 13.1 Å². The highest BCUT2D eigenvalue weighted by molar-refractivity contribution is 5.63. The number of benzene rings is 2. The van der Waals surface area contributed by atoms with Gasteiger partial charge in [0.05, 0.1) is 0 Å². The highest BCUT2D eigenvalue weighted by atomic mass is 16.5. The van der Waals surface area contributed by atoms with Crippen molar-refractivity contribution >= 4 is 0 Å². The van der Waals surface area contributed by atoms with Gasteiger partial charge in [-0.2, -0.15) is 0 Å². The Kier molecular flexibility index (Phi) is 4.43. The maximum Gasteiger partial charge on any atom is 0.143 e. The summed E-state index contributed by atoms with van der Waals surface area (Å²) in [5.41, 5.74) is 4.85. The molecule has 1 aliphatic heterocycles. The monoisotopic (exact) mass is 318 g/mol. The molecular formula is C21H22N2O. The van der Waals surface area contributed by atoms with Crippen LogP contribution in [0.15, 0.2) is 65.2 Å². The van der Waals surface area contributed by atoms with Gasteiger partial charge in [0.2, 0.25) is 0 Å². The minimum Gasteiger partial charge on any atom is -0.360 e. The highest BCUT2D eigenvalue weighted by Crippen LogP contribution is 2.29. The molecule has 0 saturated heterocycles. The molecule has 0 amide bonds. The maximum absolute atomic E-state index is 5.59. The summed E-state index contributed by atoms with van der Waals surface area (Å²) in [4.78, 5) is 2.52. The van der Waals surface area contributed by atoms with Gasteiger partial charge < -0.3 is 4.52 Å². The summed E-state index contributed by atoms with van der Waals surface area (Å²) >= 11 is 0. The van der Waals surface area contributed by atoms with Crippen molar-refractivity contribution in [3.05, 3.63) is 77.6 Å². The average Bonchev–Trinajstić information content (AvgIpc) is 3.07. The number of fused-ring (bicyclic) bond motifs is 1. The highest BCUT2D eigenvalue weighted by Gasteiger charge is 2.24. The topological polar surface area (TPSA) is 29.3 Å². The lowest BCUT2D eigenvalue weighted by molar-refractivity contribution is 0.234. The van der Waals surface area contributed by atoms with Crippen molar-refractivity contribution in [2.45, 2.75) is 25.8 Å². The van der Waals surface area contributed by atoms with Crippen LogP contribution in [0.1, 0.15) is 23.3 Å². The first-order chi connectivity index (χ1) is 11.9. The van der Waals surface area contributed by atoms with E-state index >= 15 is 0 Å². The van der Waals surface area contributed by atoms with Crippen LogP contribution in [-0.2, 0) is 19.4 Å².